The number of halogens is 2. The molecule has 1 saturated heterocycles. The lowest BCUT2D eigenvalue weighted by Crippen LogP contribution is -2.23. The Kier molecular flexibility index (Phi) is 3.57. The Morgan fingerprint density at radius 2 is 2.05 bits per heavy atom. The van der Waals surface area contributed by atoms with Crippen LogP contribution in [0.2, 0.25) is 0 Å². The summed E-state index contributed by atoms with van der Waals surface area (Å²) < 4.78 is 26.3. The van der Waals surface area contributed by atoms with Crippen LogP contribution >= 0.6 is 11.3 Å². The van der Waals surface area contributed by atoms with Crippen molar-refractivity contribution in [3.05, 3.63) is 40.2 Å². The summed E-state index contributed by atoms with van der Waals surface area (Å²) in [7, 11) is 0. The molecule has 1 unspecified atom stereocenters. The van der Waals surface area contributed by atoms with E-state index in [1.807, 2.05) is 5.38 Å². The smallest absolute Gasteiger partial charge is 0.126 e. The van der Waals surface area contributed by atoms with Gasteiger partial charge in [0.1, 0.15) is 11.6 Å². The van der Waals surface area contributed by atoms with Crippen LogP contribution < -0.4 is 5.32 Å². The van der Waals surface area contributed by atoms with Crippen LogP contribution in [0.3, 0.4) is 0 Å². The van der Waals surface area contributed by atoms with Gasteiger partial charge in [-0.1, -0.05) is 0 Å². The third-order valence-electron chi connectivity index (χ3n) is 3.29. The van der Waals surface area contributed by atoms with E-state index >= 15 is 0 Å². The molecule has 100 valence electrons. The second kappa shape index (κ2) is 5.35. The average molecular weight is 280 g/mol. The van der Waals surface area contributed by atoms with Crippen molar-refractivity contribution in [2.24, 2.45) is 0 Å². The van der Waals surface area contributed by atoms with Gasteiger partial charge in [-0.05, 0) is 31.5 Å². The molecule has 3 rings (SSSR count). The molecule has 2 heterocycles. The Hall–Kier alpha value is -1.33. The van der Waals surface area contributed by atoms with Gasteiger partial charge < -0.3 is 5.32 Å². The van der Waals surface area contributed by atoms with Crippen LogP contribution in [0.25, 0.3) is 11.3 Å². The van der Waals surface area contributed by atoms with Crippen molar-refractivity contribution in [1.82, 2.24) is 10.3 Å². The Labute approximate surface area is 114 Å². The number of nitrogens with zero attached hydrogens (tertiary/aromatic N) is 1. The molecule has 1 atom stereocenters. The van der Waals surface area contributed by atoms with E-state index in [1.54, 1.807) is 11.3 Å². The van der Waals surface area contributed by atoms with Gasteiger partial charge in [-0.15, -0.1) is 11.3 Å². The number of nitrogens with one attached hydrogen (secondary N) is 1. The number of aromatic nitrogens is 1. The van der Waals surface area contributed by atoms with Crippen LogP contribution in [0, 0.1) is 11.6 Å². The van der Waals surface area contributed by atoms with Crippen molar-refractivity contribution < 1.29 is 8.78 Å². The molecule has 1 aromatic heterocycles. The number of hydrogen-bond donors (Lipinski definition) is 1. The minimum Gasteiger partial charge on any atom is -0.314 e. The maximum atomic E-state index is 13.2. The lowest BCUT2D eigenvalue weighted by atomic mass is 10.1. The minimum atomic E-state index is -0.568. The fourth-order valence-electron chi connectivity index (χ4n) is 2.38. The zero-order valence-corrected chi connectivity index (χ0v) is 11.1. The normalized spacial score (nSPS) is 18.9. The molecule has 1 aliphatic rings. The van der Waals surface area contributed by atoms with Crippen LogP contribution in [0.4, 0.5) is 8.78 Å². The SMILES string of the molecule is Fc1cc(F)cc(-c2csc(CC3CCCN3)n2)c1. The summed E-state index contributed by atoms with van der Waals surface area (Å²) in [6.45, 7) is 1.07. The molecule has 5 heteroatoms. The first kappa shape index (κ1) is 12.7. The van der Waals surface area contributed by atoms with E-state index in [2.05, 4.69) is 10.3 Å². The van der Waals surface area contributed by atoms with Crippen molar-refractivity contribution in [2.45, 2.75) is 25.3 Å². The molecule has 0 radical (unpaired) electrons. The van der Waals surface area contributed by atoms with Crippen molar-refractivity contribution in [3.8, 4) is 11.3 Å². The first-order chi connectivity index (χ1) is 9.20. The summed E-state index contributed by atoms with van der Waals surface area (Å²) in [5.41, 5.74) is 1.15. The highest BCUT2D eigenvalue weighted by Crippen LogP contribution is 2.25. The van der Waals surface area contributed by atoms with E-state index < -0.39 is 11.6 Å². The van der Waals surface area contributed by atoms with Gasteiger partial charge >= 0.3 is 0 Å². The monoisotopic (exact) mass is 280 g/mol. The second-order valence-corrected chi connectivity index (χ2v) is 5.72. The topological polar surface area (TPSA) is 24.9 Å². The molecule has 1 N–H and O–H groups in total. The van der Waals surface area contributed by atoms with E-state index in [0.717, 1.165) is 24.0 Å². The third-order valence-corrected chi connectivity index (χ3v) is 4.16. The van der Waals surface area contributed by atoms with Gasteiger partial charge in [0.15, 0.2) is 0 Å². The van der Waals surface area contributed by atoms with Gasteiger partial charge in [-0.25, -0.2) is 13.8 Å². The van der Waals surface area contributed by atoms with Crippen molar-refractivity contribution >= 4 is 11.3 Å². The summed E-state index contributed by atoms with van der Waals surface area (Å²) in [5, 5.41) is 6.29. The molecule has 19 heavy (non-hydrogen) atoms. The van der Waals surface area contributed by atoms with E-state index in [1.165, 1.54) is 25.0 Å². The Balaban J connectivity index is 1.79. The number of hydrogen-bond acceptors (Lipinski definition) is 3. The molecule has 0 spiro atoms. The zero-order valence-electron chi connectivity index (χ0n) is 10.3. The predicted molar refractivity (Wildman–Crippen MR) is 72.2 cm³/mol. The summed E-state index contributed by atoms with van der Waals surface area (Å²) in [4.78, 5) is 4.47. The van der Waals surface area contributed by atoms with Crippen LogP contribution in [-0.4, -0.2) is 17.6 Å². The van der Waals surface area contributed by atoms with E-state index in [4.69, 9.17) is 0 Å². The molecule has 1 fully saturated rings. The Morgan fingerprint density at radius 3 is 2.74 bits per heavy atom. The molecule has 1 aliphatic heterocycles. The highest BCUT2D eigenvalue weighted by molar-refractivity contribution is 7.09. The molecule has 2 nitrogen and oxygen atoms in total. The lowest BCUT2D eigenvalue weighted by molar-refractivity contribution is 0.584. The molecule has 0 saturated carbocycles. The van der Waals surface area contributed by atoms with Gasteiger partial charge in [0.05, 0.1) is 10.7 Å². The summed E-state index contributed by atoms with van der Waals surface area (Å²) in [5.74, 6) is -1.14. The maximum Gasteiger partial charge on any atom is 0.126 e. The fourth-order valence-corrected chi connectivity index (χ4v) is 3.27. The highest BCUT2D eigenvalue weighted by atomic mass is 32.1. The third kappa shape index (κ3) is 2.98. The van der Waals surface area contributed by atoms with Gasteiger partial charge in [-0.3, -0.25) is 0 Å². The number of benzene rings is 1. The maximum absolute atomic E-state index is 13.2. The lowest BCUT2D eigenvalue weighted by Gasteiger charge is -2.06. The summed E-state index contributed by atoms with van der Waals surface area (Å²) >= 11 is 1.55. The van der Waals surface area contributed by atoms with Crippen molar-refractivity contribution in [3.63, 3.8) is 0 Å². The van der Waals surface area contributed by atoms with Crippen molar-refractivity contribution in [2.75, 3.05) is 6.54 Å². The predicted octanol–water partition coefficient (Wildman–Crippen LogP) is 3.38. The van der Waals surface area contributed by atoms with Crippen LogP contribution in [0.15, 0.2) is 23.6 Å². The van der Waals surface area contributed by atoms with E-state index in [9.17, 15) is 8.78 Å². The fraction of sp³-hybridized carbons (Fsp3) is 0.357. The van der Waals surface area contributed by atoms with Gasteiger partial charge in [0.25, 0.3) is 0 Å². The van der Waals surface area contributed by atoms with E-state index in [0.29, 0.717) is 17.3 Å². The molecular formula is C14H14F2N2S. The quantitative estimate of drug-likeness (QED) is 0.932. The van der Waals surface area contributed by atoms with Gasteiger partial charge in [-0.2, -0.15) is 0 Å². The first-order valence-corrected chi connectivity index (χ1v) is 7.23. The van der Waals surface area contributed by atoms with Crippen LogP contribution in [0.1, 0.15) is 17.8 Å². The molecule has 0 bridgehead atoms. The Bertz CT molecular complexity index is 556. The van der Waals surface area contributed by atoms with Crippen LogP contribution in [-0.2, 0) is 6.42 Å². The highest BCUT2D eigenvalue weighted by Gasteiger charge is 2.16. The van der Waals surface area contributed by atoms with Crippen LogP contribution in [0.5, 0.6) is 0 Å². The molecule has 1 aromatic carbocycles. The number of rotatable bonds is 3. The van der Waals surface area contributed by atoms with E-state index in [-0.39, 0.29) is 0 Å². The minimum absolute atomic E-state index is 0.489. The largest absolute Gasteiger partial charge is 0.314 e. The molecule has 0 aliphatic carbocycles. The van der Waals surface area contributed by atoms with Gasteiger partial charge in [0, 0.05) is 29.5 Å². The average Bonchev–Trinajstić information content (AvgIpc) is 2.99. The number of thiazole rings is 1. The van der Waals surface area contributed by atoms with Crippen molar-refractivity contribution in [1.29, 1.82) is 0 Å². The molecule has 2 aromatic rings. The molecule has 0 amide bonds. The summed E-state index contributed by atoms with van der Waals surface area (Å²) in [6.07, 6.45) is 3.27. The Morgan fingerprint density at radius 1 is 1.26 bits per heavy atom. The first-order valence-electron chi connectivity index (χ1n) is 6.35. The van der Waals surface area contributed by atoms with Gasteiger partial charge in [0.2, 0.25) is 0 Å². The molecular weight excluding hydrogens is 266 g/mol. The second-order valence-electron chi connectivity index (χ2n) is 4.78. The zero-order chi connectivity index (χ0) is 13.2. The standard InChI is InChI=1S/C14H14F2N2S/c15-10-4-9(5-11(16)6-10)13-8-19-14(18-13)7-12-2-1-3-17-12/h4-6,8,12,17H,1-3,7H2. The summed E-state index contributed by atoms with van der Waals surface area (Å²) in [6, 6.07) is 3.99.